The van der Waals surface area contributed by atoms with Crippen LogP contribution in [0.5, 0.6) is 0 Å². The van der Waals surface area contributed by atoms with E-state index in [4.69, 9.17) is 11.6 Å². The predicted octanol–water partition coefficient (Wildman–Crippen LogP) is 2.72. The molecule has 0 spiro atoms. The largest absolute Gasteiger partial charge is 0.371 e. The molecule has 2 aromatic rings. The molecule has 0 fully saturated rings. The second-order valence-electron chi connectivity index (χ2n) is 4.25. The van der Waals surface area contributed by atoms with Crippen molar-refractivity contribution in [1.82, 2.24) is 9.97 Å². The Morgan fingerprint density at radius 3 is 2.67 bits per heavy atom. The molecular formula is C13H13ClN4. The molecule has 0 radical (unpaired) electrons. The van der Waals surface area contributed by atoms with Crippen LogP contribution in [0.15, 0.2) is 36.5 Å². The third-order valence-electron chi connectivity index (χ3n) is 3.13. The molecule has 1 aromatic carbocycles. The molecule has 0 N–H and O–H groups in total. The smallest absolute Gasteiger partial charge is 0.224 e. The van der Waals surface area contributed by atoms with Gasteiger partial charge in [-0.2, -0.15) is 0 Å². The average Bonchev–Trinajstić information content (AvgIpc) is 2.39. The Balaban J connectivity index is 2.07. The van der Waals surface area contributed by atoms with Gasteiger partial charge < -0.3 is 9.80 Å². The van der Waals surface area contributed by atoms with Crippen molar-refractivity contribution in [2.75, 3.05) is 29.9 Å². The van der Waals surface area contributed by atoms with E-state index in [9.17, 15) is 0 Å². The van der Waals surface area contributed by atoms with Crippen molar-refractivity contribution in [1.29, 1.82) is 0 Å². The van der Waals surface area contributed by atoms with Gasteiger partial charge in [0.1, 0.15) is 5.82 Å². The van der Waals surface area contributed by atoms with Gasteiger partial charge in [0.25, 0.3) is 0 Å². The summed E-state index contributed by atoms with van der Waals surface area (Å²) in [5.41, 5.74) is 2.36. The fourth-order valence-electron chi connectivity index (χ4n) is 2.22. The summed E-state index contributed by atoms with van der Waals surface area (Å²) in [7, 11) is 2.10. The minimum Gasteiger partial charge on any atom is -0.371 e. The molecule has 0 atom stereocenters. The summed E-state index contributed by atoms with van der Waals surface area (Å²) in [5, 5.41) is 0.281. The van der Waals surface area contributed by atoms with Gasteiger partial charge >= 0.3 is 0 Å². The first-order valence-corrected chi connectivity index (χ1v) is 6.20. The zero-order valence-corrected chi connectivity index (χ0v) is 10.8. The minimum atomic E-state index is 0.281. The topological polar surface area (TPSA) is 32.3 Å². The zero-order valence-electron chi connectivity index (χ0n) is 10.0. The summed E-state index contributed by atoms with van der Waals surface area (Å²) in [6, 6.07) is 10.2. The quantitative estimate of drug-likeness (QED) is 0.738. The van der Waals surface area contributed by atoms with Crippen molar-refractivity contribution in [3.05, 3.63) is 41.8 Å². The summed E-state index contributed by atoms with van der Waals surface area (Å²) in [6.45, 7) is 1.85. The van der Waals surface area contributed by atoms with E-state index in [0.29, 0.717) is 0 Å². The van der Waals surface area contributed by atoms with Gasteiger partial charge in [-0.1, -0.05) is 12.1 Å². The van der Waals surface area contributed by atoms with Gasteiger partial charge in [0.15, 0.2) is 0 Å². The van der Waals surface area contributed by atoms with Crippen LogP contribution in [0.4, 0.5) is 17.2 Å². The van der Waals surface area contributed by atoms with Gasteiger partial charge in [0.05, 0.1) is 11.4 Å². The van der Waals surface area contributed by atoms with Gasteiger partial charge in [-0.3, -0.25) is 0 Å². The number of anilines is 3. The number of halogens is 1. The molecule has 0 unspecified atom stereocenters. The van der Waals surface area contributed by atoms with E-state index in [1.54, 1.807) is 6.20 Å². The summed E-state index contributed by atoms with van der Waals surface area (Å²) >= 11 is 5.86. The zero-order chi connectivity index (χ0) is 12.5. The van der Waals surface area contributed by atoms with Gasteiger partial charge in [0, 0.05) is 26.3 Å². The van der Waals surface area contributed by atoms with E-state index in [-0.39, 0.29) is 5.28 Å². The third-order valence-corrected chi connectivity index (χ3v) is 3.31. The lowest BCUT2D eigenvalue weighted by molar-refractivity contribution is 0.811. The Hall–Kier alpha value is -1.81. The van der Waals surface area contributed by atoms with E-state index in [2.05, 4.69) is 38.9 Å². The highest BCUT2D eigenvalue weighted by atomic mass is 35.5. The van der Waals surface area contributed by atoms with Crippen LogP contribution < -0.4 is 9.80 Å². The van der Waals surface area contributed by atoms with Crippen molar-refractivity contribution >= 4 is 28.8 Å². The van der Waals surface area contributed by atoms with Crippen molar-refractivity contribution in [2.45, 2.75) is 0 Å². The summed E-state index contributed by atoms with van der Waals surface area (Å²) < 4.78 is 0. The maximum atomic E-state index is 5.86. The highest BCUT2D eigenvalue weighted by molar-refractivity contribution is 6.28. The van der Waals surface area contributed by atoms with E-state index in [1.807, 2.05) is 18.2 Å². The molecule has 0 saturated heterocycles. The van der Waals surface area contributed by atoms with Crippen molar-refractivity contribution in [3.63, 3.8) is 0 Å². The molecule has 18 heavy (non-hydrogen) atoms. The molecule has 2 heterocycles. The number of rotatable bonds is 1. The lowest BCUT2D eigenvalue weighted by atomic mass is 10.2. The van der Waals surface area contributed by atoms with Crippen LogP contribution in [0.1, 0.15) is 0 Å². The molecule has 4 nitrogen and oxygen atoms in total. The number of para-hydroxylation sites is 2. The standard InChI is InChI=1S/C13H13ClN4/c1-17-8-9-18(11-5-3-2-4-10(11)17)12-6-7-15-13(14)16-12/h2-7H,8-9H2,1H3. The highest BCUT2D eigenvalue weighted by Gasteiger charge is 2.21. The maximum Gasteiger partial charge on any atom is 0.224 e. The average molecular weight is 261 g/mol. The Morgan fingerprint density at radius 2 is 1.89 bits per heavy atom. The first-order chi connectivity index (χ1) is 8.75. The molecule has 0 saturated carbocycles. The normalized spacial score (nSPS) is 14.6. The van der Waals surface area contributed by atoms with Gasteiger partial charge in [-0.05, 0) is 29.8 Å². The number of hydrogen-bond acceptors (Lipinski definition) is 4. The van der Waals surface area contributed by atoms with Gasteiger partial charge in [-0.25, -0.2) is 9.97 Å². The second kappa shape index (κ2) is 4.46. The highest BCUT2D eigenvalue weighted by Crippen LogP contribution is 2.35. The van der Waals surface area contributed by atoms with Crippen LogP contribution >= 0.6 is 11.6 Å². The van der Waals surface area contributed by atoms with Crippen molar-refractivity contribution in [2.24, 2.45) is 0 Å². The van der Waals surface area contributed by atoms with E-state index in [0.717, 1.165) is 24.6 Å². The van der Waals surface area contributed by atoms with E-state index >= 15 is 0 Å². The number of benzene rings is 1. The molecule has 1 aromatic heterocycles. The van der Waals surface area contributed by atoms with Gasteiger partial charge in [0.2, 0.25) is 5.28 Å². The molecule has 3 rings (SSSR count). The third kappa shape index (κ3) is 1.88. The van der Waals surface area contributed by atoms with E-state index < -0.39 is 0 Å². The molecule has 0 aliphatic carbocycles. The Kier molecular flexibility index (Phi) is 2.80. The summed E-state index contributed by atoms with van der Waals surface area (Å²) in [6.07, 6.45) is 1.69. The van der Waals surface area contributed by atoms with Crippen LogP contribution in [-0.4, -0.2) is 30.1 Å². The number of hydrogen-bond donors (Lipinski definition) is 0. The van der Waals surface area contributed by atoms with Gasteiger partial charge in [-0.15, -0.1) is 0 Å². The molecule has 1 aliphatic rings. The molecule has 1 aliphatic heterocycles. The van der Waals surface area contributed by atoms with Crippen LogP contribution in [0, 0.1) is 0 Å². The first kappa shape index (κ1) is 11.3. The molecule has 0 bridgehead atoms. The fraction of sp³-hybridized carbons (Fsp3) is 0.231. The van der Waals surface area contributed by atoms with Crippen LogP contribution in [-0.2, 0) is 0 Å². The predicted molar refractivity (Wildman–Crippen MR) is 73.8 cm³/mol. The SMILES string of the molecule is CN1CCN(c2ccnc(Cl)n2)c2ccccc21. The van der Waals surface area contributed by atoms with Crippen LogP contribution in [0.25, 0.3) is 0 Å². The van der Waals surface area contributed by atoms with Crippen LogP contribution in [0.2, 0.25) is 5.28 Å². The Labute approximate surface area is 111 Å². The van der Waals surface area contributed by atoms with Crippen molar-refractivity contribution < 1.29 is 0 Å². The van der Waals surface area contributed by atoms with Crippen LogP contribution in [0.3, 0.4) is 0 Å². The lowest BCUT2D eigenvalue weighted by Crippen LogP contribution is -2.36. The fourth-order valence-corrected chi connectivity index (χ4v) is 2.36. The number of likely N-dealkylation sites (N-methyl/N-ethyl adjacent to an activating group) is 1. The maximum absolute atomic E-state index is 5.86. The monoisotopic (exact) mass is 260 g/mol. The minimum absolute atomic E-state index is 0.281. The molecule has 0 amide bonds. The van der Waals surface area contributed by atoms with Crippen molar-refractivity contribution in [3.8, 4) is 0 Å². The Bertz CT molecular complexity index is 572. The number of fused-ring (bicyclic) bond motifs is 1. The lowest BCUT2D eigenvalue weighted by Gasteiger charge is -2.36. The summed E-state index contributed by atoms with van der Waals surface area (Å²) in [4.78, 5) is 12.6. The molecule has 92 valence electrons. The first-order valence-electron chi connectivity index (χ1n) is 5.82. The molecule has 5 heteroatoms. The second-order valence-corrected chi connectivity index (χ2v) is 4.58. The Morgan fingerprint density at radius 1 is 1.11 bits per heavy atom. The summed E-state index contributed by atoms with van der Waals surface area (Å²) in [5.74, 6) is 0.843. The molecular weight excluding hydrogens is 248 g/mol. The van der Waals surface area contributed by atoms with E-state index in [1.165, 1.54) is 5.69 Å². The number of nitrogens with zero attached hydrogens (tertiary/aromatic N) is 4. The number of aromatic nitrogens is 2.